The molecule has 102 valence electrons. The molecule has 1 rings (SSSR count). The van der Waals surface area contributed by atoms with E-state index < -0.39 is 0 Å². The fourth-order valence-corrected chi connectivity index (χ4v) is 1.78. The predicted molar refractivity (Wildman–Crippen MR) is 72.0 cm³/mol. The van der Waals surface area contributed by atoms with Crippen LogP contribution in [0.4, 0.5) is 0 Å². The Morgan fingerprint density at radius 1 is 1.22 bits per heavy atom. The number of amides is 1. The van der Waals surface area contributed by atoms with E-state index in [-0.39, 0.29) is 5.91 Å². The molecule has 3 N–H and O–H groups in total. The molecule has 5 nitrogen and oxygen atoms in total. The van der Waals surface area contributed by atoms with Crippen LogP contribution in [0.1, 0.15) is 38.5 Å². The van der Waals surface area contributed by atoms with Crippen molar-refractivity contribution in [1.82, 2.24) is 14.9 Å². The van der Waals surface area contributed by atoms with E-state index in [0.29, 0.717) is 6.42 Å². The minimum Gasteiger partial charge on any atom is -0.356 e. The maximum Gasteiger partial charge on any atom is 0.219 e. The van der Waals surface area contributed by atoms with E-state index >= 15 is 0 Å². The summed E-state index contributed by atoms with van der Waals surface area (Å²) >= 11 is 0. The van der Waals surface area contributed by atoms with Crippen molar-refractivity contribution < 1.29 is 4.79 Å². The van der Waals surface area contributed by atoms with Crippen molar-refractivity contribution in [2.75, 3.05) is 13.1 Å². The largest absolute Gasteiger partial charge is 0.356 e. The Morgan fingerprint density at radius 3 is 2.78 bits per heavy atom. The van der Waals surface area contributed by atoms with Crippen molar-refractivity contribution in [1.29, 1.82) is 0 Å². The van der Waals surface area contributed by atoms with Crippen LogP contribution < -0.4 is 11.1 Å². The number of nitrogens with zero attached hydrogens (tertiary/aromatic N) is 2. The zero-order chi connectivity index (χ0) is 13.1. The van der Waals surface area contributed by atoms with E-state index in [4.69, 9.17) is 5.73 Å². The van der Waals surface area contributed by atoms with Crippen molar-refractivity contribution in [2.24, 2.45) is 5.73 Å². The maximum absolute atomic E-state index is 11.5. The van der Waals surface area contributed by atoms with Crippen LogP contribution in [0.15, 0.2) is 18.7 Å². The first kappa shape index (κ1) is 14.7. The van der Waals surface area contributed by atoms with Crippen molar-refractivity contribution >= 4 is 5.91 Å². The average Bonchev–Trinajstić information content (AvgIpc) is 2.87. The van der Waals surface area contributed by atoms with Gasteiger partial charge in [0.1, 0.15) is 0 Å². The molecular weight excluding hydrogens is 228 g/mol. The third kappa shape index (κ3) is 7.06. The molecule has 0 atom stereocenters. The van der Waals surface area contributed by atoms with Gasteiger partial charge in [-0.2, -0.15) is 0 Å². The highest BCUT2D eigenvalue weighted by Crippen LogP contribution is 2.01. The van der Waals surface area contributed by atoms with Crippen molar-refractivity contribution in [2.45, 2.75) is 45.1 Å². The lowest BCUT2D eigenvalue weighted by Gasteiger charge is -2.05. The number of rotatable bonds is 10. The lowest BCUT2D eigenvalue weighted by Crippen LogP contribution is -2.24. The summed E-state index contributed by atoms with van der Waals surface area (Å²) in [5.41, 5.74) is 5.41. The van der Waals surface area contributed by atoms with Gasteiger partial charge >= 0.3 is 0 Å². The number of hydrogen-bond acceptors (Lipinski definition) is 3. The van der Waals surface area contributed by atoms with Crippen molar-refractivity contribution in [3.8, 4) is 0 Å². The second kappa shape index (κ2) is 9.65. The number of imidazole rings is 1. The predicted octanol–water partition coefficient (Wildman–Crippen LogP) is 1.30. The van der Waals surface area contributed by atoms with Crippen molar-refractivity contribution in [3.63, 3.8) is 0 Å². The first-order valence-corrected chi connectivity index (χ1v) is 6.75. The molecular formula is C13H24N4O. The van der Waals surface area contributed by atoms with Crippen LogP contribution in [0.2, 0.25) is 0 Å². The van der Waals surface area contributed by atoms with Crippen LogP contribution in [0.3, 0.4) is 0 Å². The summed E-state index contributed by atoms with van der Waals surface area (Å²) in [6.45, 7) is 2.39. The van der Waals surface area contributed by atoms with Crippen LogP contribution in [0.25, 0.3) is 0 Å². The number of aryl methyl sites for hydroxylation is 1. The van der Waals surface area contributed by atoms with Crippen LogP contribution in [-0.2, 0) is 11.3 Å². The van der Waals surface area contributed by atoms with Gasteiger partial charge in [0.2, 0.25) is 5.91 Å². The van der Waals surface area contributed by atoms with E-state index in [1.165, 1.54) is 0 Å². The van der Waals surface area contributed by atoms with Crippen LogP contribution >= 0.6 is 0 Å². The molecule has 0 unspecified atom stereocenters. The number of nitrogens with two attached hydrogens (primary N) is 1. The topological polar surface area (TPSA) is 72.9 Å². The third-order valence-electron chi connectivity index (χ3n) is 2.83. The van der Waals surface area contributed by atoms with Crippen LogP contribution in [0.5, 0.6) is 0 Å². The number of hydrogen-bond donors (Lipinski definition) is 2. The SMILES string of the molecule is NCCCCCCC(=O)NCCCn1ccnc1. The molecule has 0 aromatic carbocycles. The lowest BCUT2D eigenvalue weighted by molar-refractivity contribution is -0.121. The standard InChI is InChI=1S/C13H24N4O/c14-7-4-2-1-3-6-13(18)16-8-5-10-17-11-9-15-12-17/h9,11-12H,1-8,10,14H2,(H,16,18). The molecule has 0 aliphatic heterocycles. The lowest BCUT2D eigenvalue weighted by atomic mass is 10.1. The first-order valence-electron chi connectivity index (χ1n) is 6.75. The van der Waals surface area contributed by atoms with E-state index in [1.54, 1.807) is 12.5 Å². The molecule has 1 heterocycles. The van der Waals surface area contributed by atoms with Gasteiger partial charge in [-0.1, -0.05) is 12.8 Å². The molecule has 1 aromatic rings. The van der Waals surface area contributed by atoms with Gasteiger partial charge in [-0.05, 0) is 25.8 Å². The van der Waals surface area contributed by atoms with Gasteiger partial charge in [0.15, 0.2) is 0 Å². The minimum absolute atomic E-state index is 0.161. The fraction of sp³-hybridized carbons (Fsp3) is 0.692. The van der Waals surface area contributed by atoms with Gasteiger partial charge in [-0.15, -0.1) is 0 Å². The molecule has 0 saturated heterocycles. The van der Waals surface area contributed by atoms with Gasteiger partial charge in [-0.3, -0.25) is 4.79 Å². The molecule has 0 spiro atoms. The molecule has 0 aliphatic carbocycles. The number of carbonyl (C=O) groups excluding carboxylic acids is 1. The maximum atomic E-state index is 11.5. The average molecular weight is 252 g/mol. The van der Waals surface area contributed by atoms with E-state index in [2.05, 4.69) is 10.3 Å². The summed E-state index contributed by atoms with van der Waals surface area (Å²) < 4.78 is 2.01. The summed E-state index contributed by atoms with van der Waals surface area (Å²) in [7, 11) is 0. The summed E-state index contributed by atoms with van der Waals surface area (Å²) in [4.78, 5) is 15.4. The highest BCUT2D eigenvalue weighted by atomic mass is 16.1. The van der Waals surface area contributed by atoms with Crippen molar-refractivity contribution in [3.05, 3.63) is 18.7 Å². The molecule has 18 heavy (non-hydrogen) atoms. The zero-order valence-electron chi connectivity index (χ0n) is 11.0. The Bertz CT molecular complexity index is 311. The van der Waals surface area contributed by atoms with Gasteiger partial charge in [0.25, 0.3) is 0 Å². The molecule has 0 radical (unpaired) electrons. The van der Waals surface area contributed by atoms with Gasteiger partial charge in [0, 0.05) is 31.9 Å². The smallest absolute Gasteiger partial charge is 0.219 e. The number of aromatic nitrogens is 2. The van der Waals surface area contributed by atoms with Gasteiger partial charge < -0.3 is 15.6 Å². The van der Waals surface area contributed by atoms with E-state index in [1.807, 2.05) is 10.8 Å². The summed E-state index contributed by atoms with van der Waals surface area (Å²) in [5, 5.41) is 2.94. The Morgan fingerprint density at radius 2 is 2.06 bits per heavy atom. The highest BCUT2D eigenvalue weighted by molar-refractivity contribution is 5.75. The molecule has 0 fully saturated rings. The van der Waals surface area contributed by atoms with E-state index in [0.717, 1.165) is 51.7 Å². The van der Waals surface area contributed by atoms with Gasteiger partial charge in [0.05, 0.1) is 6.33 Å². The second-order valence-electron chi connectivity index (χ2n) is 4.46. The molecule has 0 saturated carbocycles. The summed E-state index contributed by atoms with van der Waals surface area (Å²) in [5.74, 6) is 0.161. The minimum atomic E-state index is 0.161. The highest BCUT2D eigenvalue weighted by Gasteiger charge is 2.00. The Kier molecular flexibility index (Phi) is 7.88. The summed E-state index contributed by atoms with van der Waals surface area (Å²) in [6.07, 6.45) is 11.3. The number of carbonyl (C=O) groups is 1. The van der Waals surface area contributed by atoms with E-state index in [9.17, 15) is 4.79 Å². The fourth-order valence-electron chi connectivity index (χ4n) is 1.78. The Labute approximate surface area is 109 Å². The van der Waals surface area contributed by atoms with Crippen LogP contribution in [0, 0.1) is 0 Å². The first-order chi connectivity index (χ1) is 8.83. The number of unbranched alkanes of at least 4 members (excludes halogenated alkanes) is 3. The Hall–Kier alpha value is -1.36. The second-order valence-corrected chi connectivity index (χ2v) is 4.46. The molecule has 0 bridgehead atoms. The normalized spacial score (nSPS) is 10.5. The van der Waals surface area contributed by atoms with Gasteiger partial charge in [-0.25, -0.2) is 4.98 Å². The molecule has 1 aromatic heterocycles. The molecule has 1 amide bonds. The van der Waals surface area contributed by atoms with Crippen LogP contribution in [-0.4, -0.2) is 28.5 Å². The third-order valence-corrected chi connectivity index (χ3v) is 2.83. The number of nitrogens with one attached hydrogen (secondary N) is 1. The monoisotopic (exact) mass is 252 g/mol. The summed E-state index contributed by atoms with van der Waals surface area (Å²) in [6, 6.07) is 0. The quantitative estimate of drug-likeness (QED) is 0.616. The molecule has 5 heteroatoms. The molecule has 0 aliphatic rings. The Balaban J connectivity index is 1.90. The zero-order valence-corrected chi connectivity index (χ0v) is 11.0.